The largest absolute Gasteiger partial charge is 0.460 e. The summed E-state index contributed by atoms with van der Waals surface area (Å²) in [5.74, 6) is -0.0734. The van der Waals surface area contributed by atoms with Gasteiger partial charge in [0.15, 0.2) is 0 Å². The fourth-order valence-corrected chi connectivity index (χ4v) is 6.14. The Morgan fingerprint density at radius 3 is 1.52 bits per heavy atom. The van der Waals surface area contributed by atoms with Crippen LogP contribution in [-0.2, 0) is 29.0 Å². The second-order valence-electron chi connectivity index (χ2n) is 13.7. The summed E-state index contributed by atoms with van der Waals surface area (Å²) in [6.45, 7) is 9.09. The molecule has 0 bridgehead atoms. The van der Waals surface area contributed by atoms with Gasteiger partial charge in [-0.05, 0) is 82.4 Å². The Morgan fingerprint density at radius 2 is 1.05 bits per heavy atom. The Kier molecular flexibility index (Phi) is 26.8. The van der Waals surface area contributed by atoms with Crippen LogP contribution in [0.3, 0.4) is 0 Å². The van der Waals surface area contributed by atoms with E-state index in [0.717, 1.165) is 50.8 Å². The van der Waals surface area contributed by atoms with Crippen LogP contribution in [0, 0.1) is 0 Å². The first-order chi connectivity index (χ1) is 21.5. The Bertz CT molecular complexity index is 763. The van der Waals surface area contributed by atoms with Gasteiger partial charge < -0.3 is 15.0 Å². The van der Waals surface area contributed by atoms with E-state index in [0.29, 0.717) is 6.61 Å². The third-order valence-corrected chi connectivity index (χ3v) is 8.94. The number of unbranched alkanes of at least 4 members (excludes halogenated alkanes) is 17. The minimum Gasteiger partial charge on any atom is -0.460 e. The molecule has 4 heteroatoms. The van der Waals surface area contributed by atoms with Crippen LogP contribution in [0.1, 0.15) is 179 Å². The molecule has 44 heavy (non-hydrogen) atoms. The molecule has 1 aromatic carbocycles. The minimum absolute atomic E-state index is 0.0734. The van der Waals surface area contributed by atoms with Crippen LogP contribution in [0.25, 0.3) is 0 Å². The summed E-state index contributed by atoms with van der Waals surface area (Å²) in [5.41, 5.74) is 3.98. The van der Waals surface area contributed by atoms with E-state index in [-0.39, 0.29) is 12.0 Å². The van der Waals surface area contributed by atoms with E-state index in [9.17, 15) is 4.79 Å². The van der Waals surface area contributed by atoms with E-state index >= 15 is 0 Å². The van der Waals surface area contributed by atoms with Crippen LogP contribution in [0.5, 0.6) is 0 Å². The van der Waals surface area contributed by atoms with Gasteiger partial charge >= 0.3 is 5.97 Å². The predicted octanol–water partition coefficient (Wildman–Crippen LogP) is 11.0. The van der Waals surface area contributed by atoms with Crippen molar-refractivity contribution in [2.24, 2.45) is 0 Å². The average molecular weight is 615 g/mol. The highest BCUT2D eigenvalue weighted by Crippen LogP contribution is 2.19. The summed E-state index contributed by atoms with van der Waals surface area (Å²) in [7, 11) is 4.21. The zero-order chi connectivity index (χ0) is 32.1. The smallest absolute Gasteiger partial charge is 0.323 e. The van der Waals surface area contributed by atoms with Crippen molar-refractivity contribution in [3.05, 3.63) is 34.9 Å². The summed E-state index contributed by atoms with van der Waals surface area (Å²) in [4.78, 5) is 15.5. The number of carbonyl (C=O) groups is 1. The Balaban J connectivity index is 2.59. The maximum absolute atomic E-state index is 13.3. The lowest BCUT2D eigenvalue weighted by atomic mass is 9.98. The summed E-state index contributed by atoms with van der Waals surface area (Å²) in [5, 5.41) is 3.55. The van der Waals surface area contributed by atoms with E-state index in [1.165, 1.54) is 133 Å². The van der Waals surface area contributed by atoms with Gasteiger partial charge in [0.2, 0.25) is 0 Å². The standard InChI is InChI=1S/C40H74N2O2/c1-6-9-12-15-16-17-18-19-20-21-22-25-29-39(41-30-26-31-42(4)5)40(43)44-35-38-33-36(27-23-13-10-7-2)32-37(34-38)28-24-14-11-8-3/h32-34,39,41H,6-31,35H2,1-5H3. The summed E-state index contributed by atoms with van der Waals surface area (Å²) >= 11 is 0. The van der Waals surface area contributed by atoms with Crippen molar-refractivity contribution in [1.82, 2.24) is 10.2 Å². The third kappa shape index (κ3) is 23.0. The van der Waals surface area contributed by atoms with Crippen molar-refractivity contribution in [2.75, 3.05) is 27.2 Å². The molecule has 1 unspecified atom stereocenters. The van der Waals surface area contributed by atoms with E-state index in [1.54, 1.807) is 0 Å². The summed E-state index contributed by atoms with van der Waals surface area (Å²) < 4.78 is 6.01. The van der Waals surface area contributed by atoms with E-state index in [1.807, 2.05) is 0 Å². The minimum atomic E-state index is -0.203. The first-order valence-corrected chi connectivity index (χ1v) is 19.2. The van der Waals surface area contributed by atoms with Crippen molar-refractivity contribution in [2.45, 2.75) is 188 Å². The monoisotopic (exact) mass is 615 g/mol. The van der Waals surface area contributed by atoms with Gasteiger partial charge in [-0.3, -0.25) is 4.79 Å². The number of hydrogen-bond acceptors (Lipinski definition) is 4. The van der Waals surface area contributed by atoms with Gasteiger partial charge in [0.1, 0.15) is 12.6 Å². The fraction of sp³-hybridized carbons (Fsp3) is 0.825. The van der Waals surface area contributed by atoms with Gasteiger partial charge in [-0.25, -0.2) is 0 Å². The van der Waals surface area contributed by atoms with Crippen LogP contribution >= 0.6 is 0 Å². The van der Waals surface area contributed by atoms with Gasteiger partial charge in [-0.2, -0.15) is 0 Å². The van der Waals surface area contributed by atoms with Gasteiger partial charge in [0.25, 0.3) is 0 Å². The molecule has 0 aliphatic rings. The zero-order valence-electron chi connectivity index (χ0n) is 30.2. The number of nitrogens with zero attached hydrogens (tertiary/aromatic N) is 1. The molecular formula is C40H74N2O2. The molecule has 0 aromatic heterocycles. The second kappa shape index (κ2) is 29.0. The molecule has 0 aliphatic heterocycles. The predicted molar refractivity (Wildman–Crippen MR) is 193 cm³/mol. The molecule has 0 fully saturated rings. The number of aryl methyl sites for hydroxylation is 2. The normalized spacial score (nSPS) is 12.2. The molecule has 0 radical (unpaired) electrons. The lowest BCUT2D eigenvalue weighted by molar-refractivity contribution is -0.147. The van der Waals surface area contributed by atoms with E-state index in [2.05, 4.69) is 63.3 Å². The van der Waals surface area contributed by atoms with Crippen LogP contribution in [0.15, 0.2) is 18.2 Å². The van der Waals surface area contributed by atoms with Gasteiger partial charge in [0.05, 0.1) is 0 Å². The summed E-state index contributed by atoms with van der Waals surface area (Å²) in [6, 6.07) is 6.79. The van der Waals surface area contributed by atoms with E-state index < -0.39 is 0 Å². The molecule has 256 valence electrons. The van der Waals surface area contributed by atoms with Crippen LogP contribution in [0.2, 0.25) is 0 Å². The molecule has 0 heterocycles. The molecule has 1 rings (SSSR count). The molecule has 0 spiro atoms. The molecule has 4 nitrogen and oxygen atoms in total. The maximum Gasteiger partial charge on any atom is 0.323 e. The van der Waals surface area contributed by atoms with Gasteiger partial charge in [0, 0.05) is 0 Å². The number of ether oxygens (including phenoxy) is 1. The Labute approximate surface area is 274 Å². The molecule has 0 aliphatic carbocycles. The lowest BCUT2D eigenvalue weighted by Crippen LogP contribution is -2.39. The first kappa shape index (κ1) is 40.6. The van der Waals surface area contributed by atoms with Gasteiger partial charge in [-0.15, -0.1) is 0 Å². The zero-order valence-corrected chi connectivity index (χ0v) is 30.2. The molecule has 0 saturated heterocycles. The van der Waals surface area contributed by atoms with Crippen LogP contribution in [0.4, 0.5) is 0 Å². The number of hydrogen-bond donors (Lipinski definition) is 1. The third-order valence-electron chi connectivity index (χ3n) is 8.94. The molecule has 1 aromatic rings. The highest BCUT2D eigenvalue weighted by Gasteiger charge is 2.19. The van der Waals surface area contributed by atoms with Crippen LogP contribution < -0.4 is 5.32 Å². The first-order valence-electron chi connectivity index (χ1n) is 19.2. The number of rotatable bonds is 31. The fourth-order valence-electron chi connectivity index (χ4n) is 6.14. The summed E-state index contributed by atoms with van der Waals surface area (Å²) in [6.07, 6.45) is 30.4. The SMILES string of the molecule is CCCCCCCCCCCCCCC(NCCCN(C)C)C(=O)OCc1cc(CCCCCC)cc(CCCCCC)c1. The van der Waals surface area contributed by atoms with Crippen LogP contribution in [-0.4, -0.2) is 44.1 Å². The number of esters is 1. The van der Waals surface area contributed by atoms with Crippen molar-refractivity contribution in [3.63, 3.8) is 0 Å². The molecular weight excluding hydrogens is 540 g/mol. The second-order valence-corrected chi connectivity index (χ2v) is 13.7. The maximum atomic E-state index is 13.3. The average Bonchev–Trinajstić information content (AvgIpc) is 3.01. The molecule has 1 N–H and O–H groups in total. The highest BCUT2D eigenvalue weighted by atomic mass is 16.5. The Morgan fingerprint density at radius 1 is 0.614 bits per heavy atom. The number of benzene rings is 1. The highest BCUT2D eigenvalue weighted by molar-refractivity contribution is 5.75. The van der Waals surface area contributed by atoms with Crippen molar-refractivity contribution in [1.29, 1.82) is 0 Å². The topological polar surface area (TPSA) is 41.6 Å². The van der Waals surface area contributed by atoms with Gasteiger partial charge in [-0.1, -0.05) is 155 Å². The van der Waals surface area contributed by atoms with Crippen molar-refractivity contribution in [3.8, 4) is 0 Å². The van der Waals surface area contributed by atoms with E-state index in [4.69, 9.17) is 4.74 Å². The number of nitrogens with one attached hydrogen (secondary N) is 1. The van der Waals surface area contributed by atoms with Crippen molar-refractivity contribution >= 4 is 5.97 Å². The lowest BCUT2D eigenvalue weighted by Gasteiger charge is -2.19. The Hall–Kier alpha value is -1.39. The van der Waals surface area contributed by atoms with Crippen molar-refractivity contribution < 1.29 is 9.53 Å². The quantitative estimate of drug-likeness (QED) is 0.0667. The number of carbonyl (C=O) groups excluding carboxylic acids is 1. The molecule has 0 saturated carbocycles. The molecule has 1 atom stereocenters. The molecule has 0 amide bonds.